The van der Waals surface area contributed by atoms with Crippen molar-refractivity contribution in [1.82, 2.24) is 25.6 Å². The average Bonchev–Trinajstić information content (AvgIpc) is 2.97. The zero-order valence-electron chi connectivity index (χ0n) is 9.92. The van der Waals surface area contributed by atoms with Gasteiger partial charge in [-0.3, -0.25) is 0 Å². The Bertz CT molecular complexity index is 717. The molecule has 20 heavy (non-hydrogen) atoms. The molecular formula is C12H7ClFN5O. The summed E-state index contributed by atoms with van der Waals surface area (Å²) >= 11 is 5.83. The van der Waals surface area contributed by atoms with Crippen molar-refractivity contribution in [3.8, 4) is 23.0 Å². The van der Waals surface area contributed by atoms with Crippen molar-refractivity contribution in [2.75, 3.05) is 0 Å². The molecule has 0 unspecified atom stereocenters. The van der Waals surface area contributed by atoms with Crippen LogP contribution in [0.4, 0.5) is 4.39 Å². The summed E-state index contributed by atoms with van der Waals surface area (Å²) in [6, 6.07) is 8.06. The molecule has 1 aromatic carbocycles. The first-order valence-corrected chi connectivity index (χ1v) is 5.93. The maximum absolute atomic E-state index is 12.9. The Kier molecular flexibility index (Phi) is 3.26. The molecule has 2 heterocycles. The molecule has 0 saturated carbocycles. The molecule has 0 aliphatic carbocycles. The Hall–Kier alpha value is -2.54. The predicted octanol–water partition coefficient (Wildman–Crippen LogP) is 2.85. The van der Waals surface area contributed by atoms with E-state index in [-0.39, 0.29) is 10.9 Å². The Balaban J connectivity index is 1.81. The van der Waals surface area contributed by atoms with E-state index in [4.69, 9.17) is 16.3 Å². The van der Waals surface area contributed by atoms with Crippen LogP contribution in [-0.2, 0) is 0 Å². The fraction of sp³-hybridized carbons (Fsp3) is 0. The van der Waals surface area contributed by atoms with Gasteiger partial charge in [-0.25, -0.2) is 9.37 Å². The Morgan fingerprint density at radius 2 is 2.00 bits per heavy atom. The molecule has 3 aromatic rings. The molecule has 0 atom stereocenters. The molecule has 0 spiro atoms. The van der Waals surface area contributed by atoms with Gasteiger partial charge < -0.3 is 4.74 Å². The Morgan fingerprint density at radius 3 is 2.65 bits per heavy atom. The lowest BCUT2D eigenvalue weighted by Crippen LogP contribution is -1.90. The monoisotopic (exact) mass is 291 g/mol. The second-order valence-electron chi connectivity index (χ2n) is 3.80. The smallest absolute Gasteiger partial charge is 0.238 e. The molecule has 100 valence electrons. The van der Waals surface area contributed by atoms with E-state index in [1.807, 2.05) is 0 Å². The molecule has 6 nitrogen and oxygen atoms in total. The average molecular weight is 292 g/mol. The maximum Gasteiger partial charge on any atom is 0.238 e. The molecule has 8 heteroatoms. The first-order chi connectivity index (χ1) is 9.72. The molecule has 0 aliphatic heterocycles. The van der Waals surface area contributed by atoms with Gasteiger partial charge in [-0.1, -0.05) is 11.6 Å². The van der Waals surface area contributed by atoms with E-state index in [9.17, 15) is 4.39 Å². The van der Waals surface area contributed by atoms with Crippen molar-refractivity contribution in [2.24, 2.45) is 0 Å². The van der Waals surface area contributed by atoms with Crippen LogP contribution in [0, 0.1) is 5.82 Å². The van der Waals surface area contributed by atoms with Gasteiger partial charge in [-0.15, -0.1) is 10.2 Å². The van der Waals surface area contributed by atoms with Crippen LogP contribution in [0.15, 0.2) is 36.5 Å². The summed E-state index contributed by atoms with van der Waals surface area (Å²) in [6.45, 7) is 0. The minimum atomic E-state index is -0.519. The number of halogens is 2. The molecule has 0 amide bonds. The van der Waals surface area contributed by atoms with Crippen molar-refractivity contribution < 1.29 is 9.13 Å². The summed E-state index contributed by atoms with van der Waals surface area (Å²) in [7, 11) is 0. The van der Waals surface area contributed by atoms with Gasteiger partial charge in [0.2, 0.25) is 11.7 Å². The fourth-order valence-corrected chi connectivity index (χ4v) is 1.74. The number of hydrogen-bond acceptors (Lipinski definition) is 5. The lowest BCUT2D eigenvalue weighted by atomic mass is 10.2. The highest BCUT2D eigenvalue weighted by molar-refractivity contribution is 6.31. The summed E-state index contributed by atoms with van der Waals surface area (Å²) < 4.78 is 18.3. The molecule has 0 radical (unpaired) electrons. The van der Waals surface area contributed by atoms with Crippen molar-refractivity contribution >= 4 is 11.6 Å². The van der Waals surface area contributed by atoms with Crippen molar-refractivity contribution in [3.05, 3.63) is 47.4 Å². The first kappa shape index (κ1) is 12.5. The number of aromatic nitrogens is 5. The minimum absolute atomic E-state index is 0.104. The summed E-state index contributed by atoms with van der Waals surface area (Å²) in [5.74, 6) is 0.614. The lowest BCUT2D eigenvalue weighted by molar-refractivity contribution is 0.459. The number of tetrazole rings is 1. The van der Waals surface area contributed by atoms with E-state index in [2.05, 4.69) is 25.6 Å². The highest BCUT2D eigenvalue weighted by Gasteiger charge is 2.07. The second-order valence-corrected chi connectivity index (χ2v) is 4.21. The van der Waals surface area contributed by atoms with Crippen molar-refractivity contribution in [1.29, 1.82) is 0 Å². The number of aromatic amines is 1. The summed E-state index contributed by atoms with van der Waals surface area (Å²) in [6.07, 6.45) is 1.04. The van der Waals surface area contributed by atoms with E-state index < -0.39 is 5.82 Å². The van der Waals surface area contributed by atoms with Gasteiger partial charge in [0.25, 0.3) is 0 Å². The number of pyridine rings is 1. The van der Waals surface area contributed by atoms with Gasteiger partial charge in [0.15, 0.2) is 0 Å². The predicted molar refractivity (Wildman–Crippen MR) is 68.9 cm³/mol. The van der Waals surface area contributed by atoms with Crippen LogP contribution in [0.1, 0.15) is 0 Å². The first-order valence-electron chi connectivity index (χ1n) is 5.55. The van der Waals surface area contributed by atoms with Crippen LogP contribution in [0.2, 0.25) is 5.02 Å². The molecule has 1 N–H and O–H groups in total. The van der Waals surface area contributed by atoms with Gasteiger partial charge in [0.05, 0.1) is 6.20 Å². The molecular weight excluding hydrogens is 285 g/mol. The Morgan fingerprint density at radius 1 is 1.20 bits per heavy atom. The number of benzene rings is 1. The van der Waals surface area contributed by atoms with Crippen LogP contribution in [0.5, 0.6) is 11.6 Å². The third-order valence-corrected chi connectivity index (χ3v) is 2.72. The zero-order valence-corrected chi connectivity index (χ0v) is 10.7. The van der Waals surface area contributed by atoms with Gasteiger partial charge in [-0.2, -0.15) is 5.21 Å². The van der Waals surface area contributed by atoms with E-state index in [0.29, 0.717) is 11.6 Å². The number of hydrogen-bond donors (Lipinski definition) is 1. The summed E-state index contributed by atoms with van der Waals surface area (Å²) in [5.41, 5.74) is 0.782. The topological polar surface area (TPSA) is 76.6 Å². The molecule has 3 rings (SSSR count). The summed E-state index contributed by atoms with van der Waals surface area (Å²) in [4.78, 5) is 3.78. The van der Waals surface area contributed by atoms with Crippen molar-refractivity contribution in [3.63, 3.8) is 0 Å². The fourth-order valence-electron chi connectivity index (χ4n) is 1.54. The number of nitrogens with zero attached hydrogens (tertiary/aromatic N) is 4. The Labute approximate surface area is 117 Å². The number of ether oxygens (including phenoxy) is 1. The van der Waals surface area contributed by atoms with Crippen LogP contribution in [0.25, 0.3) is 11.4 Å². The highest BCUT2D eigenvalue weighted by Crippen LogP contribution is 2.28. The number of nitrogens with one attached hydrogen (secondary N) is 1. The van der Waals surface area contributed by atoms with Gasteiger partial charge in [0, 0.05) is 5.56 Å². The van der Waals surface area contributed by atoms with E-state index >= 15 is 0 Å². The van der Waals surface area contributed by atoms with Gasteiger partial charge in [-0.05, 0) is 35.5 Å². The summed E-state index contributed by atoms with van der Waals surface area (Å²) in [5, 5.41) is 13.7. The largest absolute Gasteiger partial charge is 0.438 e. The molecule has 2 aromatic heterocycles. The molecule has 0 fully saturated rings. The second kappa shape index (κ2) is 5.22. The third kappa shape index (κ3) is 2.57. The van der Waals surface area contributed by atoms with E-state index in [1.54, 1.807) is 24.3 Å². The molecule has 0 saturated heterocycles. The minimum Gasteiger partial charge on any atom is -0.438 e. The number of H-pyrrole nitrogens is 1. The van der Waals surface area contributed by atoms with Crippen LogP contribution in [-0.4, -0.2) is 25.6 Å². The standard InChI is InChI=1S/C12H7ClFN5O/c13-10-5-8(14)6-15-12(10)20-9-3-1-7(2-4-9)11-16-18-19-17-11/h1-6H,(H,16,17,18,19). The van der Waals surface area contributed by atoms with Gasteiger partial charge >= 0.3 is 0 Å². The molecule has 0 aliphatic rings. The van der Waals surface area contributed by atoms with Gasteiger partial charge in [0.1, 0.15) is 16.6 Å². The lowest BCUT2D eigenvalue weighted by Gasteiger charge is -2.06. The third-order valence-electron chi connectivity index (χ3n) is 2.45. The SMILES string of the molecule is Fc1cnc(Oc2ccc(-c3nn[nH]n3)cc2)c(Cl)c1. The van der Waals surface area contributed by atoms with E-state index in [0.717, 1.165) is 17.8 Å². The number of rotatable bonds is 3. The zero-order chi connectivity index (χ0) is 13.9. The normalized spacial score (nSPS) is 10.5. The maximum atomic E-state index is 12.9. The van der Waals surface area contributed by atoms with Crippen LogP contribution in [0.3, 0.4) is 0 Å². The molecule has 0 bridgehead atoms. The highest BCUT2D eigenvalue weighted by atomic mass is 35.5. The van der Waals surface area contributed by atoms with Crippen LogP contribution >= 0.6 is 11.6 Å². The van der Waals surface area contributed by atoms with Crippen molar-refractivity contribution in [2.45, 2.75) is 0 Å². The van der Waals surface area contributed by atoms with Crippen LogP contribution < -0.4 is 4.74 Å². The van der Waals surface area contributed by atoms with E-state index in [1.165, 1.54) is 0 Å². The quantitative estimate of drug-likeness (QED) is 0.803.